The summed E-state index contributed by atoms with van der Waals surface area (Å²) in [5.74, 6) is -0.611. The van der Waals surface area contributed by atoms with E-state index in [-0.39, 0.29) is 36.6 Å². The topological polar surface area (TPSA) is 142 Å². The molecule has 2 atom stereocenters. The van der Waals surface area contributed by atoms with Gasteiger partial charge in [0.15, 0.2) is 0 Å². The lowest BCUT2D eigenvalue weighted by atomic mass is 10.0. The number of anilines is 2. The molecule has 0 radical (unpaired) electrons. The van der Waals surface area contributed by atoms with Crippen LogP contribution in [0.5, 0.6) is 0 Å². The summed E-state index contributed by atoms with van der Waals surface area (Å²) in [7, 11) is 0. The Hall–Kier alpha value is -3.82. The van der Waals surface area contributed by atoms with Gasteiger partial charge in [-0.25, -0.2) is 0 Å². The predicted octanol–water partition coefficient (Wildman–Crippen LogP) is 4.51. The minimum atomic E-state index is -0.730. The van der Waals surface area contributed by atoms with E-state index in [9.17, 15) is 9.59 Å². The van der Waals surface area contributed by atoms with Gasteiger partial charge in [0.2, 0.25) is 11.8 Å². The number of para-hydroxylation sites is 2. The van der Waals surface area contributed by atoms with Gasteiger partial charge >= 0.3 is 0 Å². The maximum Gasteiger partial charge on any atom is 0.241 e. The van der Waals surface area contributed by atoms with Crippen LogP contribution < -0.4 is 22.1 Å². The van der Waals surface area contributed by atoms with Gasteiger partial charge in [0.25, 0.3) is 0 Å². The second-order valence-electron chi connectivity index (χ2n) is 8.90. The molecule has 0 aliphatic carbocycles. The third kappa shape index (κ3) is 6.35. The molecule has 2 aromatic heterocycles. The molecule has 0 fully saturated rings. The summed E-state index contributed by atoms with van der Waals surface area (Å²) in [6.45, 7) is 0. The Morgan fingerprint density at radius 3 is 1.53 bits per heavy atom. The van der Waals surface area contributed by atoms with Crippen molar-refractivity contribution in [3.05, 3.63) is 96.3 Å². The molecule has 0 bridgehead atoms. The molecule has 2 amide bonds. The van der Waals surface area contributed by atoms with Crippen LogP contribution in [0, 0.1) is 0 Å². The Labute approximate surface area is 232 Å². The standard InChI is InChI=1S/C28H28N6O2.2ClH/c29-23(12-17-15-31-25-10-3-1-8-21(17)25)27(35)33-19-6-5-7-20(14-19)34-28(36)24(30)13-18-16-32-26-11-4-2-9-22(18)26;;/h1-11,14-16,23-24,31-32H,12-13,29-30H2,(H,33,35)(H,34,36);2*1H/t23-,24-;;/m1../s1. The monoisotopic (exact) mass is 552 g/mol. The van der Waals surface area contributed by atoms with Crippen molar-refractivity contribution in [1.29, 1.82) is 0 Å². The highest BCUT2D eigenvalue weighted by Gasteiger charge is 2.18. The molecule has 10 heteroatoms. The second-order valence-corrected chi connectivity index (χ2v) is 8.90. The summed E-state index contributed by atoms with van der Waals surface area (Å²) in [5.41, 5.74) is 17.4. The van der Waals surface area contributed by atoms with E-state index in [2.05, 4.69) is 20.6 Å². The van der Waals surface area contributed by atoms with Gasteiger partial charge < -0.3 is 32.1 Å². The van der Waals surface area contributed by atoms with Crippen LogP contribution in [0.25, 0.3) is 21.8 Å². The molecule has 0 spiro atoms. The van der Waals surface area contributed by atoms with Gasteiger partial charge in [-0.3, -0.25) is 9.59 Å². The number of carbonyl (C=O) groups excluding carboxylic acids is 2. The van der Waals surface area contributed by atoms with E-state index in [0.717, 1.165) is 32.9 Å². The highest BCUT2D eigenvalue weighted by atomic mass is 35.5. The number of aromatic nitrogens is 2. The van der Waals surface area contributed by atoms with Crippen LogP contribution in [0.3, 0.4) is 0 Å². The van der Waals surface area contributed by atoms with E-state index in [0.29, 0.717) is 24.2 Å². The minimum absolute atomic E-state index is 0. The van der Waals surface area contributed by atoms with E-state index in [1.165, 1.54) is 0 Å². The summed E-state index contributed by atoms with van der Waals surface area (Å²) >= 11 is 0. The van der Waals surface area contributed by atoms with Crippen LogP contribution in [0.15, 0.2) is 85.2 Å². The summed E-state index contributed by atoms with van der Waals surface area (Å²) in [4.78, 5) is 31.9. The molecule has 198 valence electrons. The second kappa shape index (κ2) is 12.6. The van der Waals surface area contributed by atoms with Gasteiger partial charge in [-0.05, 0) is 54.3 Å². The molecule has 5 aromatic rings. The summed E-state index contributed by atoms with van der Waals surface area (Å²) in [6, 6.07) is 21.3. The zero-order valence-corrected chi connectivity index (χ0v) is 22.1. The molecule has 38 heavy (non-hydrogen) atoms. The van der Waals surface area contributed by atoms with E-state index in [1.54, 1.807) is 24.3 Å². The first-order valence-electron chi connectivity index (χ1n) is 11.8. The van der Waals surface area contributed by atoms with E-state index in [1.807, 2.05) is 60.9 Å². The van der Waals surface area contributed by atoms with Crippen molar-refractivity contribution in [2.75, 3.05) is 10.6 Å². The van der Waals surface area contributed by atoms with Crippen LogP contribution in [0.4, 0.5) is 11.4 Å². The third-order valence-corrected chi connectivity index (χ3v) is 6.30. The number of carbonyl (C=O) groups is 2. The Kier molecular flexibility index (Phi) is 9.55. The lowest BCUT2D eigenvalue weighted by Gasteiger charge is -2.15. The third-order valence-electron chi connectivity index (χ3n) is 6.30. The number of hydrogen-bond acceptors (Lipinski definition) is 4. The molecular weight excluding hydrogens is 523 g/mol. The van der Waals surface area contributed by atoms with Crippen molar-refractivity contribution in [3.8, 4) is 0 Å². The Balaban J connectivity index is 0.00000200. The van der Waals surface area contributed by atoms with Crippen molar-refractivity contribution < 1.29 is 9.59 Å². The van der Waals surface area contributed by atoms with Crippen molar-refractivity contribution in [1.82, 2.24) is 9.97 Å². The van der Waals surface area contributed by atoms with Crippen LogP contribution in [0.1, 0.15) is 11.1 Å². The number of nitrogens with two attached hydrogens (primary N) is 2. The molecule has 5 rings (SSSR count). The molecule has 2 heterocycles. The van der Waals surface area contributed by atoms with Gasteiger partial charge in [-0.2, -0.15) is 0 Å². The number of rotatable bonds is 8. The zero-order chi connectivity index (χ0) is 25.1. The average Bonchev–Trinajstić information content (AvgIpc) is 3.48. The number of fused-ring (bicyclic) bond motifs is 2. The van der Waals surface area contributed by atoms with Crippen LogP contribution in [0.2, 0.25) is 0 Å². The van der Waals surface area contributed by atoms with Crippen LogP contribution in [-0.4, -0.2) is 33.9 Å². The van der Waals surface area contributed by atoms with Crippen molar-refractivity contribution >= 4 is 69.8 Å². The molecule has 3 aromatic carbocycles. The Bertz CT molecular complexity index is 1440. The van der Waals surface area contributed by atoms with Gasteiger partial charge in [-0.1, -0.05) is 42.5 Å². The molecular formula is C28H30Cl2N6O2. The normalized spacial score (nSPS) is 12.3. The highest BCUT2D eigenvalue weighted by molar-refractivity contribution is 5.98. The summed E-state index contributed by atoms with van der Waals surface area (Å²) in [6.07, 6.45) is 4.56. The first-order chi connectivity index (χ1) is 17.5. The molecule has 0 unspecified atom stereocenters. The SMILES string of the molecule is Cl.Cl.N[C@H](Cc1c[nH]c2ccccc12)C(=O)Nc1cccc(NC(=O)[C@H](N)Cc2c[nH]c3ccccc23)c1. The molecule has 8 N–H and O–H groups in total. The van der Waals surface area contributed by atoms with Crippen molar-refractivity contribution in [3.63, 3.8) is 0 Å². The predicted molar refractivity (Wildman–Crippen MR) is 158 cm³/mol. The van der Waals surface area contributed by atoms with Crippen LogP contribution in [-0.2, 0) is 22.4 Å². The van der Waals surface area contributed by atoms with E-state index >= 15 is 0 Å². The quantitative estimate of drug-likeness (QED) is 0.168. The maximum absolute atomic E-state index is 12.7. The fourth-order valence-corrected chi connectivity index (χ4v) is 4.40. The summed E-state index contributed by atoms with van der Waals surface area (Å²) in [5, 5.41) is 7.78. The van der Waals surface area contributed by atoms with Gasteiger partial charge in [-0.15, -0.1) is 24.8 Å². The van der Waals surface area contributed by atoms with E-state index in [4.69, 9.17) is 11.5 Å². The van der Waals surface area contributed by atoms with E-state index < -0.39 is 12.1 Å². The maximum atomic E-state index is 12.7. The van der Waals surface area contributed by atoms with Crippen LogP contribution >= 0.6 is 24.8 Å². The molecule has 0 saturated carbocycles. The van der Waals surface area contributed by atoms with Crippen molar-refractivity contribution in [2.24, 2.45) is 11.5 Å². The number of benzene rings is 3. The molecule has 0 saturated heterocycles. The lowest BCUT2D eigenvalue weighted by Crippen LogP contribution is -2.38. The Morgan fingerprint density at radius 1 is 0.658 bits per heavy atom. The smallest absolute Gasteiger partial charge is 0.241 e. The van der Waals surface area contributed by atoms with Gasteiger partial charge in [0.1, 0.15) is 0 Å². The zero-order valence-electron chi connectivity index (χ0n) is 20.4. The van der Waals surface area contributed by atoms with Crippen molar-refractivity contribution in [2.45, 2.75) is 24.9 Å². The average molecular weight is 553 g/mol. The number of aromatic amines is 2. The highest BCUT2D eigenvalue weighted by Crippen LogP contribution is 2.21. The number of amides is 2. The Morgan fingerprint density at radius 2 is 1.08 bits per heavy atom. The van der Waals surface area contributed by atoms with Gasteiger partial charge in [0, 0.05) is 45.6 Å². The minimum Gasteiger partial charge on any atom is -0.361 e. The lowest BCUT2D eigenvalue weighted by molar-refractivity contribution is -0.118. The van der Waals surface area contributed by atoms with Gasteiger partial charge in [0.05, 0.1) is 12.1 Å². The molecule has 0 aliphatic heterocycles. The largest absolute Gasteiger partial charge is 0.361 e. The molecule has 0 aliphatic rings. The molecule has 8 nitrogen and oxygen atoms in total. The number of H-pyrrole nitrogens is 2. The fraction of sp³-hybridized carbons (Fsp3) is 0.143. The first-order valence-corrected chi connectivity index (χ1v) is 11.8. The summed E-state index contributed by atoms with van der Waals surface area (Å²) < 4.78 is 0. The number of nitrogens with one attached hydrogen (secondary N) is 4. The number of hydrogen-bond donors (Lipinski definition) is 6. The fourth-order valence-electron chi connectivity index (χ4n) is 4.40. The number of halogens is 2. The first kappa shape index (κ1) is 28.7.